The maximum Gasteiger partial charge on any atom is 0.247 e. The van der Waals surface area contributed by atoms with E-state index in [2.05, 4.69) is 5.32 Å². The number of hydrogen-bond acceptors (Lipinski definition) is 7. The van der Waals surface area contributed by atoms with Crippen LogP contribution in [0.15, 0.2) is 30.3 Å². The molecule has 0 aromatic heterocycles. The molecule has 4 amide bonds. The molecule has 0 bridgehead atoms. The Morgan fingerprint density at radius 3 is 2.46 bits per heavy atom. The minimum absolute atomic E-state index is 0.188. The van der Waals surface area contributed by atoms with Gasteiger partial charge < -0.3 is 36.8 Å². The summed E-state index contributed by atoms with van der Waals surface area (Å²) < 4.78 is 0. The third kappa shape index (κ3) is 5.47. The molecular formula is C24H35N5O6. The molecule has 2 fully saturated rings. The number of rotatable bonds is 9. The van der Waals surface area contributed by atoms with Crippen LogP contribution in [0, 0.1) is 0 Å². The van der Waals surface area contributed by atoms with Gasteiger partial charge in [-0.25, -0.2) is 0 Å². The Bertz CT molecular complexity index is 942. The maximum absolute atomic E-state index is 13.8. The van der Waals surface area contributed by atoms with E-state index in [1.165, 1.54) is 16.7 Å². The van der Waals surface area contributed by atoms with Crippen LogP contribution in [0.25, 0.3) is 0 Å². The molecule has 5 atom stereocenters. The summed E-state index contributed by atoms with van der Waals surface area (Å²) in [6.45, 7) is 1.44. The number of nitrogens with one attached hydrogen (secondary N) is 1. The number of nitrogens with zero attached hydrogens (tertiary/aromatic N) is 2. The lowest BCUT2D eigenvalue weighted by Gasteiger charge is -2.41. The molecule has 3 rings (SSSR count). The van der Waals surface area contributed by atoms with E-state index >= 15 is 0 Å². The largest absolute Gasteiger partial charge is 0.394 e. The normalized spacial score (nSPS) is 24.6. The van der Waals surface area contributed by atoms with E-state index < -0.39 is 54.1 Å². The molecule has 0 saturated carbocycles. The van der Waals surface area contributed by atoms with Gasteiger partial charge in [0.25, 0.3) is 0 Å². The van der Waals surface area contributed by atoms with Crippen LogP contribution in [0.3, 0.4) is 0 Å². The third-order valence-electron chi connectivity index (χ3n) is 6.93. The molecule has 2 aliphatic rings. The second kappa shape index (κ2) is 11.1. The summed E-state index contributed by atoms with van der Waals surface area (Å²) in [6.07, 6.45) is 0.851. The Balaban J connectivity index is 1.96. The summed E-state index contributed by atoms with van der Waals surface area (Å²) >= 11 is 0. The van der Waals surface area contributed by atoms with Crippen LogP contribution in [0.2, 0.25) is 0 Å². The standard InChI is InChI=1S/C24H35N5O6/c1-15(31)19(20(26)32)27-23(35)24(13-16-7-3-2-4-8-16)10-6-12-29(24)22(34)18-9-5-11-28(18)21(33)17(25)14-30/h2-4,7-8,15,17-19,30-31H,5-6,9-14,25H2,1H3,(H2,26,32)(H,27,35)/t15?,17?,18-,19?,24?/m0/s1. The smallest absolute Gasteiger partial charge is 0.247 e. The van der Waals surface area contributed by atoms with Gasteiger partial charge in [0.15, 0.2) is 0 Å². The van der Waals surface area contributed by atoms with Gasteiger partial charge in [-0.15, -0.1) is 0 Å². The van der Waals surface area contributed by atoms with Crippen LogP contribution in [0.5, 0.6) is 0 Å². The van der Waals surface area contributed by atoms with E-state index in [-0.39, 0.29) is 12.3 Å². The fourth-order valence-electron chi connectivity index (χ4n) is 5.10. The monoisotopic (exact) mass is 489 g/mol. The van der Waals surface area contributed by atoms with Crippen molar-refractivity contribution in [3.8, 4) is 0 Å². The Kier molecular flexibility index (Phi) is 8.47. The van der Waals surface area contributed by atoms with Crippen LogP contribution in [0.1, 0.15) is 38.2 Å². The van der Waals surface area contributed by atoms with E-state index in [0.29, 0.717) is 38.8 Å². The number of aliphatic hydroxyl groups is 2. The molecule has 2 heterocycles. The van der Waals surface area contributed by atoms with Crippen molar-refractivity contribution in [2.45, 2.75) is 68.8 Å². The predicted octanol–water partition coefficient (Wildman–Crippen LogP) is -1.75. The number of carbonyl (C=O) groups excluding carboxylic acids is 4. The molecular weight excluding hydrogens is 454 g/mol. The van der Waals surface area contributed by atoms with Gasteiger partial charge in [0.05, 0.1) is 12.7 Å². The highest BCUT2D eigenvalue weighted by Crippen LogP contribution is 2.36. The Labute approximate surface area is 204 Å². The van der Waals surface area contributed by atoms with E-state index in [1.807, 2.05) is 30.3 Å². The zero-order valence-corrected chi connectivity index (χ0v) is 19.9. The summed E-state index contributed by atoms with van der Waals surface area (Å²) in [4.78, 5) is 55.0. The van der Waals surface area contributed by atoms with Gasteiger partial charge >= 0.3 is 0 Å². The molecule has 7 N–H and O–H groups in total. The van der Waals surface area contributed by atoms with Gasteiger partial charge in [0.2, 0.25) is 23.6 Å². The molecule has 4 unspecified atom stereocenters. The van der Waals surface area contributed by atoms with Gasteiger partial charge in [-0.2, -0.15) is 0 Å². The van der Waals surface area contributed by atoms with Crippen molar-refractivity contribution < 1.29 is 29.4 Å². The first-order valence-corrected chi connectivity index (χ1v) is 11.9. The zero-order valence-electron chi connectivity index (χ0n) is 19.9. The quantitative estimate of drug-likeness (QED) is 0.273. The van der Waals surface area contributed by atoms with Crippen molar-refractivity contribution in [3.63, 3.8) is 0 Å². The van der Waals surface area contributed by atoms with Crippen molar-refractivity contribution in [3.05, 3.63) is 35.9 Å². The minimum atomic E-state index is -1.34. The molecule has 11 nitrogen and oxygen atoms in total. The highest BCUT2D eigenvalue weighted by molar-refractivity contribution is 5.98. The van der Waals surface area contributed by atoms with Crippen LogP contribution < -0.4 is 16.8 Å². The fourth-order valence-corrected chi connectivity index (χ4v) is 5.10. The number of hydrogen-bond donors (Lipinski definition) is 5. The zero-order chi connectivity index (χ0) is 25.8. The molecule has 1 aromatic carbocycles. The van der Waals surface area contributed by atoms with Crippen LogP contribution in [0.4, 0.5) is 0 Å². The lowest BCUT2D eigenvalue weighted by molar-refractivity contribution is -0.152. The van der Waals surface area contributed by atoms with Gasteiger partial charge in [-0.1, -0.05) is 30.3 Å². The topological polar surface area (TPSA) is 179 Å². The number of carbonyl (C=O) groups is 4. The SMILES string of the molecule is CC(O)C(NC(=O)C1(Cc2ccccc2)CCCN1C(=O)[C@@H]1CCCN1C(=O)C(N)CO)C(N)=O. The number of primary amides is 1. The molecule has 0 radical (unpaired) electrons. The fraction of sp³-hybridized carbons (Fsp3) is 0.583. The lowest BCUT2D eigenvalue weighted by atomic mass is 9.86. The van der Waals surface area contributed by atoms with Gasteiger partial charge in [0, 0.05) is 19.5 Å². The lowest BCUT2D eigenvalue weighted by Crippen LogP contribution is -2.65. The predicted molar refractivity (Wildman–Crippen MR) is 126 cm³/mol. The van der Waals surface area contributed by atoms with E-state index in [1.54, 1.807) is 0 Å². The average molecular weight is 490 g/mol. The molecule has 2 saturated heterocycles. The Morgan fingerprint density at radius 2 is 1.86 bits per heavy atom. The summed E-state index contributed by atoms with van der Waals surface area (Å²) in [7, 11) is 0. The first-order chi connectivity index (χ1) is 16.6. The maximum atomic E-state index is 13.8. The van der Waals surface area contributed by atoms with Crippen LogP contribution >= 0.6 is 0 Å². The molecule has 192 valence electrons. The number of amides is 4. The first kappa shape index (κ1) is 26.6. The molecule has 11 heteroatoms. The summed E-state index contributed by atoms with van der Waals surface area (Å²) in [5, 5.41) is 21.9. The summed E-state index contributed by atoms with van der Waals surface area (Å²) in [6, 6.07) is 5.96. The minimum Gasteiger partial charge on any atom is -0.394 e. The third-order valence-corrected chi connectivity index (χ3v) is 6.93. The number of likely N-dealkylation sites (tertiary alicyclic amines) is 2. The molecule has 1 aromatic rings. The van der Waals surface area contributed by atoms with E-state index in [9.17, 15) is 29.4 Å². The first-order valence-electron chi connectivity index (χ1n) is 11.9. The highest BCUT2D eigenvalue weighted by Gasteiger charge is 2.53. The van der Waals surface area contributed by atoms with E-state index in [4.69, 9.17) is 11.5 Å². The second-order valence-corrected chi connectivity index (χ2v) is 9.36. The van der Waals surface area contributed by atoms with Crippen molar-refractivity contribution >= 4 is 23.6 Å². The summed E-state index contributed by atoms with van der Waals surface area (Å²) in [5.74, 6) is -2.36. The van der Waals surface area contributed by atoms with Crippen molar-refractivity contribution in [1.82, 2.24) is 15.1 Å². The molecule has 0 spiro atoms. The second-order valence-electron chi connectivity index (χ2n) is 9.36. The van der Waals surface area contributed by atoms with Gasteiger partial charge in [0.1, 0.15) is 23.7 Å². The average Bonchev–Trinajstić information content (AvgIpc) is 3.49. The van der Waals surface area contributed by atoms with Crippen molar-refractivity contribution in [2.75, 3.05) is 19.7 Å². The van der Waals surface area contributed by atoms with Gasteiger partial charge in [-0.3, -0.25) is 19.2 Å². The van der Waals surface area contributed by atoms with Gasteiger partial charge in [-0.05, 0) is 38.2 Å². The number of benzene rings is 1. The van der Waals surface area contributed by atoms with Crippen LogP contribution in [-0.4, -0.2) is 93.1 Å². The van der Waals surface area contributed by atoms with Crippen molar-refractivity contribution in [1.29, 1.82) is 0 Å². The summed E-state index contributed by atoms with van der Waals surface area (Å²) in [5.41, 5.74) is 10.6. The number of aliphatic hydroxyl groups excluding tert-OH is 2. The Morgan fingerprint density at radius 1 is 1.17 bits per heavy atom. The Hall–Kier alpha value is -3.02. The van der Waals surface area contributed by atoms with E-state index in [0.717, 1.165) is 5.56 Å². The van der Waals surface area contributed by atoms with Crippen LogP contribution in [-0.2, 0) is 25.6 Å². The molecule has 2 aliphatic heterocycles. The van der Waals surface area contributed by atoms with Crippen molar-refractivity contribution in [2.24, 2.45) is 11.5 Å². The number of nitrogens with two attached hydrogens (primary N) is 2. The highest BCUT2D eigenvalue weighted by atomic mass is 16.3. The molecule has 35 heavy (non-hydrogen) atoms. The molecule has 0 aliphatic carbocycles.